The first-order valence-electron chi connectivity index (χ1n) is 5.24. The van der Waals surface area contributed by atoms with Crippen molar-refractivity contribution in [1.29, 1.82) is 0 Å². The van der Waals surface area contributed by atoms with Crippen LogP contribution in [-0.4, -0.2) is 20.1 Å². The van der Waals surface area contributed by atoms with E-state index in [4.69, 9.17) is 11.6 Å². The number of alkyl halides is 1. The zero-order valence-corrected chi connectivity index (χ0v) is 11.3. The van der Waals surface area contributed by atoms with E-state index in [0.717, 1.165) is 5.56 Å². The predicted octanol–water partition coefficient (Wildman–Crippen LogP) is 2.90. The summed E-state index contributed by atoms with van der Waals surface area (Å²) >= 11 is 6.18. The number of hydrogen-bond acceptors (Lipinski definition) is 2. The van der Waals surface area contributed by atoms with Gasteiger partial charge in [-0.3, -0.25) is 0 Å². The summed E-state index contributed by atoms with van der Waals surface area (Å²) in [6, 6.07) is 7.04. The molecule has 1 aromatic rings. The van der Waals surface area contributed by atoms with Gasteiger partial charge in [0.15, 0.2) is 9.84 Å². The molecule has 0 aromatic heterocycles. The maximum Gasteiger partial charge on any atom is 0.175 e. The Bertz CT molecular complexity index is 452. The summed E-state index contributed by atoms with van der Waals surface area (Å²) in [6.07, 6.45) is 1.81. The van der Waals surface area contributed by atoms with E-state index >= 15 is 0 Å². The highest BCUT2D eigenvalue weighted by Gasteiger charge is 2.17. The molecule has 0 fully saturated rings. The third-order valence-corrected chi connectivity index (χ3v) is 4.37. The first-order chi connectivity index (χ1) is 7.32. The molecule has 0 spiro atoms. The van der Waals surface area contributed by atoms with Gasteiger partial charge in [-0.25, -0.2) is 8.42 Å². The smallest absolute Gasteiger partial charge is 0.175 e. The molecule has 0 saturated carbocycles. The number of hydrogen-bond donors (Lipinski definition) is 0. The van der Waals surface area contributed by atoms with Crippen molar-refractivity contribution in [1.82, 2.24) is 0 Å². The van der Waals surface area contributed by atoms with Gasteiger partial charge in [-0.2, -0.15) is 0 Å². The average Bonchev–Trinajstić information content (AvgIpc) is 2.16. The molecule has 1 unspecified atom stereocenters. The maximum atomic E-state index is 11.6. The van der Waals surface area contributed by atoms with E-state index < -0.39 is 9.84 Å². The van der Waals surface area contributed by atoms with E-state index in [2.05, 4.69) is 0 Å². The van der Waals surface area contributed by atoms with Crippen molar-refractivity contribution in [3.8, 4) is 0 Å². The normalized spacial score (nSPS) is 14.1. The first kappa shape index (κ1) is 13.5. The molecule has 0 heterocycles. The molecule has 0 N–H and O–H groups in total. The Balaban J connectivity index is 3.06. The summed E-state index contributed by atoms with van der Waals surface area (Å²) in [5.41, 5.74) is 0.804. The highest BCUT2D eigenvalue weighted by atomic mass is 35.5. The lowest BCUT2D eigenvalue weighted by Gasteiger charge is -2.15. The second-order valence-corrected chi connectivity index (χ2v) is 6.89. The largest absolute Gasteiger partial charge is 0.224 e. The molecule has 1 atom stereocenters. The fourth-order valence-corrected chi connectivity index (χ4v) is 2.60. The van der Waals surface area contributed by atoms with E-state index in [-0.39, 0.29) is 5.38 Å². The SMILES string of the molecule is CC(C)C(Cl)Cc1ccccc1S(C)(=O)=O. The third-order valence-electron chi connectivity index (χ3n) is 2.51. The van der Waals surface area contributed by atoms with Gasteiger partial charge in [0.1, 0.15) is 0 Å². The minimum absolute atomic E-state index is 0.0390. The molecule has 90 valence electrons. The molecular formula is C12H17ClO2S. The van der Waals surface area contributed by atoms with Crippen molar-refractivity contribution >= 4 is 21.4 Å². The van der Waals surface area contributed by atoms with Crippen molar-refractivity contribution in [3.05, 3.63) is 29.8 Å². The quantitative estimate of drug-likeness (QED) is 0.780. The molecule has 0 radical (unpaired) electrons. The van der Waals surface area contributed by atoms with Gasteiger partial charge in [-0.05, 0) is 24.0 Å². The van der Waals surface area contributed by atoms with Gasteiger partial charge in [0, 0.05) is 11.6 Å². The molecule has 0 aliphatic rings. The number of rotatable bonds is 4. The van der Waals surface area contributed by atoms with Crippen LogP contribution in [0.15, 0.2) is 29.2 Å². The molecule has 0 bridgehead atoms. The summed E-state index contributed by atoms with van der Waals surface area (Å²) in [4.78, 5) is 0.390. The zero-order chi connectivity index (χ0) is 12.3. The predicted molar refractivity (Wildman–Crippen MR) is 67.7 cm³/mol. The molecule has 0 amide bonds. The fraction of sp³-hybridized carbons (Fsp3) is 0.500. The lowest BCUT2D eigenvalue weighted by Crippen LogP contribution is -2.13. The zero-order valence-electron chi connectivity index (χ0n) is 9.77. The molecule has 0 saturated heterocycles. The molecule has 2 nitrogen and oxygen atoms in total. The van der Waals surface area contributed by atoms with Crippen LogP contribution in [0.25, 0.3) is 0 Å². The van der Waals surface area contributed by atoms with Crippen LogP contribution in [0.4, 0.5) is 0 Å². The highest BCUT2D eigenvalue weighted by Crippen LogP contribution is 2.21. The minimum atomic E-state index is -3.16. The van der Waals surface area contributed by atoms with E-state index in [9.17, 15) is 8.42 Å². The number of halogens is 1. The van der Waals surface area contributed by atoms with Crippen molar-refractivity contribution in [2.45, 2.75) is 30.5 Å². The standard InChI is InChI=1S/C12H17ClO2S/c1-9(2)11(13)8-10-6-4-5-7-12(10)16(3,14)15/h4-7,9,11H,8H2,1-3H3. The van der Waals surface area contributed by atoms with Crippen LogP contribution in [0.2, 0.25) is 0 Å². The van der Waals surface area contributed by atoms with Crippen LogP contribution < -0.4 is 0 Å². The van der Waals surface area contributed by atoms with Crippen LogP contribution in [0.1, 0.15) is 19.4 Å². The first-order valence-corrected chi connectivity index (χ1v) is 7.57. The van der Waals surface area contributed by atoms with Crippen LogP contribution in [0.3, 0.4) is 0 Å². The van der Waals surface area contributed by atoms with Crippen LogP contribution in [0.5, 0.6) is 0 Å². The molecule has 0 aliphatic heterocycles. The Kier molecular flexibility index (Phi) is 4.39. The van der Waals surface area contributed by atoms with Gasteiger partial charge >= 0.3 is 0 Å². The van der Waals surface area contributed by atoms with Crippen LogP contribution in [-0.2, 0) is 16.3 Å². The highest BCUT2D eigenvalue weighted by molar-refractivity contribution is 7.90. The van der Waals surface area contributed by atoms with Crippen molar-refractivity contribution in [3.63, 3.8) is 0 Å². The molecule has 4 heteroatoms. The Morgan fingerprint density at radius 2 is 1.81 bits per heavy atom. The number of benzene rings is 1. The van der Waals surface area contributed by atoms with Gasteiger partial charge in [0.05, 0.1) is 4.90 Å². The number of sulfone groups is 1. The van der Waals surface area contributed by atoms with Crippen molar-refractivity contribution in [2.24, 2.45) is 5.92 Å². The van der Waals surface area contributed by atoms with Crippen LogP contribution in [0, 0.1) is 5.92 Å². The monoisotopic (exact) mass is 260 g/mol. The molecule has 16 heavy (non-hydrogen) atoms. The van der Waals surface area contributed by atoms with Gasteiger partial charge in [0.25, 0.3) is 0 Å². The van der Waals surface area contributed by atoms with Gasteiger partial charge in [0.2, 0.25) is 0 Å². The van der Waals surface area contributed by atoms with E-state index in [1.54, 1.807) is 12.1 Å². The second kappa shape index (κ2) is 5.19. The Morgan fingerprint density at radius 1 is 1.25 bits per heavy atom. The minimum Gasteiger partial charge on any atom is -0.224 e. The van der Waals surface area contributed by atoms with Crippen molar-refractivity contribution in [2.75, 3.05) is 6.26 Å². The molecule has 0 aliphatic carbocycles. The Hall–Kier alpha value is -0.540. The van der Waals surface area contributed by atoms with Crippen LogP contribution >= 0.6 is 11.6 Å². The third kappa shape index (κ3) is 3.49. The lowest BCUT2D eigenvalue weighted by molar-refractivity contribution is 0.585. The van der Waals surface area contributed by atoms with Gasteiger partial charge in [-0.15, -0.1) is 11.6 Å². The fourth-order valence-electron chi connectivity index (χ4n) is 1.48. The summed E-state index contributed by atoms with van der Waals surface area (Å²) in [7, 11) is -3.16. The Labute approximate surface area is 103 Å². The summed E-state index contributed by atoms with van der Waals surface area (Å²) in [6.45, 7) is 4.06. The van der Waals surface area contributed by atoms with E-state index in [0.29, 0.717) is 17.2 Å². The van der Waals surface area contributed by atoms with E-state index in [1.807, 2.05) is 26.0 Å². The molecular weight excluding hydrogens is 244 g/mol. The summed E-state index contributed by atoms with van der Waals surface area (Å²) in [5, 5.41) is -0.0390. The molecule has 1 rings (SSSR count). The van der Waals surface area contributed by atoms with Gasteiger partial charge in [-0.1, -0.05) is 32.0 Å². The molecule has 1 aromatic carbocycles. The Morgan fingerprint density at radius 3 is 2.31 bits per heavy atom. The second-order valence-electron chi connectivity index (χ2n) is 4.34. The van der Waals surface area contributed by atoms with E-state index in [1.165, 1.54) is 6.26 Å². The summed E-state index contributed by atoms with van der Waals surface area (Å²) in [5.74, 6) is 0.328. The summed E-state index contributed by atoms with van der Waals surface area (Å²) < 4.78 is 23.1. The topological polar surface area (TPSA) is 34.1 Å². The van der Waals surface area contributed by atoms with Crippen molar-refractivity contribution < 1.29 is 8.42 Å². The maximum absolute atomic E-state index is 11.6. The van der Waals surface area contributed by atoms with Gasteiger partial charge < -0.3 is 0 Å². The lowest BCUT2D eigenvalue weighted by atomic mass is 10.0. The average molecular weight is 261 g/mol.